The molecule has 1 fully saturated rings. The zero-order valence-corrected chi connectivity index (χ0v) is 21.4. The van der Waals surface area contributed by atoms with E-state index < -0.39 is 16.1 Å². The highest BCUT2D eigenvalue weighted by Crippen LogP contribution is 2.28. The first-order valence-corrected chi connectivity index (χ1v) is 13.7. The third-order valence-corrected chi connectivity index (χ3v) is 8.12. The van der Waals surface area contributed by atoms with Crippen molar-refractivity contribution in [3.8, 4) is 0 Å². The van der Waals surface area contributed by atoms with Crippen LogP contribution in [0, 0.1) is 5.92 Å². The zero-order valence-electron chi connectivity index (χ0n) is 20.6. The van der Waals surface area contributed by atoms with E-state index in [1.807, 2.05) is 18.2 Å². The maximum Gasteiger partial charge on any atom is 0.248 e. The number of aromatic amines is 1. The second-order valence-corrected chi connectivity index (χ2v) is 10.9. The fourth-order valence-electron chi connectivity index (χ4n) is 4.67. The number of allylic oxidation sites excluding steroid dienone is 4. The maximum atomic E-state index is 13.7. The standard InChI is InChI=1S/C29H31N3O4S/c1-3-8-21(4-2)19-22-15-17-32(18-16-22)29(34)28(23-9-6-5-7-10-23)31-37(35,36)25-12-13-26-24(20-25)11-14-27(33)30-26/h3-14,20,22,28,31H,1-2,15-19H2,(H,30,33)/b21-8+. The van der Waals surface area contributed by atoms with Crippen LogP contribution in [0.5, 0.6) is 0 Å². The van der Waals surface area contributed by atoms with Gasteiger partial charge in [0.25, 0.3) is 0 Å². The van der Waals surface area contributed by atoms with Gasteiger partial charge in [-0.25, -0.2) is 8.42 Å². The summed E-state index contributed by atoms with van der Waals surface area (Å²) in [5.74, 6) is 0.146. The SMILES string of the molecule is C=C/C=C(\C=C)CC1CCN(C(=O)C(NS(=O)(=O)c2ccc3[nH]c(=O)ccc3c2)c2ccccc2)CC1. The lowest BCUT2D eigenvalue weighted by Crippen LogP contribution is -2.46. The zero-order chi connectivity index (χ0) is 26.4. The minimum atomic E-state index is -4.05. The Hall–Kier alpha value is -3.75. The van der Waals surface area contributed by atoms with Crippen molar-refractivity contribution in [3.05, 3.63) is 114 Å². The number of carbonyl (C=O) groups is 1. The molecule has 0 aliphatic carbocycles. The molecule has 1 aliphatic heterocycles. The van der Waals surface area contributed by atoms with E-state index in [0.29, 0.717) is 35.5 Å². The van der Waals surface area contributed by atoms with Crippen LogP contribution in [0.25, 0.3) is 10.9 Å². The van der Waals surface area contributed by atoms with Crippen LogP contribution in [0.15, 0.2) is 107 Å². The first-order chi connectivity index (χ1) is 17.8. The number of carbonyl (C=O) groups excluding carboxylic acids is 1. The monoisotopic (exact) mass is 517 g/mol. The molecule has 0 saturated carbocycles. The molecule has 3 aromatic rings. The number of hydrogen-bond donors (Lipinski definition) is 2. The van der Waals surface area contributed by atoms with Crippen molar-refractivity contribution in [2.45, 2.75) is 30.2 Å². The minimum absolute atomic E-state index is 0.0189. The molecule has 4 rings (SSSR count). The number of rotatable bonds is 9. The van der Waals surface area contributed by atoms with Crippen molar-refractivity contribution in [2.24, 2.45) is 5.92 Å². The van der Waals surface area contributed by atoms with Crippen LogP contribution < -0.4 is 10.3 Å². The Bertz CT molecular complexity index is 1480. The van der Waals surface area contributed by atoms with Gasteiger partial charge in [-0.15, -0.1) is 0 Å². The molecule has 0 radical (unpaired) electrons. The van der Waals surface area contributed by atoms with Gasteiger partial charge in [0.15, 0.2) is 0 Å². The number of piperidine rings is 1. The number of fused-ring (bicyclic) bond motifs is 1. The summed E-state index contributed by atoms with van der Waals surface area (Å²) in [6, 6.07) is 15.2. The van der Waals surface area contributed by atoms with Crippen LogP contribution in [0.1, 0.15) is 30.9 Å². The number of sulfonamides is 1. The molecule has 0 bridgehead atoms. The highest BCUT2D eigenvalue weighted by atomic mass is 32.2. The number of nitrogens with one attached hydrogen (secondary N) is 2. The first-order valence-electron chi connectivity index (χ1n) is 12.2. The number of aromatic nitrogens is 1. The van der Waals surface area contributed by atoms with E-state index >= 15 is 0 Å². The molecule has 1 unspecified atom stereocenters. The lowest BCUT2D eigenvalue weighted by molar-refractivity contribution is -0.134. The van der Waals surface area contributed by atoms with Crippen molar-refractivity contribution >= 4 is 26.8 Å². The molecule has 1 atom stereocenters. The average Bonchev–Trinajstić information content (AvgIpc) is 2.91. The van der Waals surface area contributed by atoms with E-state index in [9.17, 15) is 18.0 Å². The summed E-state index contributed by atoms with van der Waals surface area (Å²) in [5.41, 5.74) is 1.96. The van der Waals surface area contributed by atoms with E-state index in [1.54, 1.807) is 47.4 Å². The number of pyridine rings is 1. The molecule has 1 aromatic heterocycles. The second-order valence-electron chi connectivity index (χ2n) is 9.19. The fraction of sp³-hybridized carbons (Fsp3) is 0.241. The Morgan fingerprint density at radius 2 is 1.81 bits per heavy atom. The molecule has 192 valence electrons. The summed E-state index contributed by atoms with van der Waals surface area (Å²) in [4.78, 5) is 29.7. The predicted molar refractivity (Wildman–Crippen MR) is 146 cm³/mol. The largest absolute Gasteiger partial charge is 0.341 e. The number of nitrogens with zero attached hydrogens (tertiary/aromatic N) is 1. The topological polar surface area (TPSA) is 99.3 Å². The first kappa shape index (κ1) is 26.3. The molecule has 0 spiro atoms. The number of benzene rings is 2. The molecule has 1 amide bonds. The average molecular weight is 518 g/mol. The van der Waals surface area contributed by atoms with Gasteiger partial charge in [-0.2, -0.15) is 4.72 Å². The highest BCUT2D eigenvalue weighted by molar-refractivity contribution is 7.89. The normalized spacial score (nSPS) is 15.9. The van der Waals surface area contributed by atoms with Crippen LogP contribution in [0.3, 0.4) is 0 Å². The Morgan fingerprint density at radius 3 is 2.49 bits per heavy atom. The van der Waals surface area contributed by atoms with Crippen molar-refractivity contribution < 1.29 is 13.2 Å². The molecular weight excluding hydrogens is 486 g/mol. The van der Waals surface area contributed by atoms with Gasteiger partial charge in [0.05, 0.1) is 4.90 Å². The summed E-state index contributed by atoms with van der Waals surface area (Å²) in [7, 11) is -4.05. The second kappa shape index (κ2) is 11.5. The van der Waals surface area contributed by atoms with E-state index in [-0.39, 0.29) is 16.4 Å². The summed E-state index contributed by atoms with van der Waals surface area (Å²) < 4.78 is 29.5. The Labute approximate surface area is 217 Å². The minimum Gasteiger partial charge on any atom is -0.341 e. The number of likely N-dealkylation sites (tertiary alicyclic amines) is 1. The molecule has 2 heterocycles. The number of amides is 1. The summed E-state index contributed by atoms with van der Waals surface area (Å²) in [6.45, 7) is 8.71. The molecule has 2 N–H and O–H groups in total. The molecular formula is C29H31N3O4S. The fourth-order valence-corrected chi connectivity index (χ4v) is 5.89. The lowest BCUT2D eigenvalue weighted by Gasteiger charge is -2.34. The molecule has 1 aliphatic rings. The summed E-state index contributed by atoms with van der Waals surface area (Å²) in [6.07, 6.45) is 8.07. The van der Waals surface area contributed by atoms with Gasteiger partial charge < -0.3 is 9.88 Å². The van der Waals surface area contributed by atoms with Crippen molar-refractivity contribution in [1.82, 2.24) is 14.6 Å². The van der Waals surface area contributed by atoms with Crippen LogP contribution in [-0.2, 0) is 14.8 Å². The highest BCUT2D eigenvalue weighted by Gasteiger charge is 2.32. The smallest absolute Gasteiger partial charge is 0.248 e. The van der Waals surface area contributed by atoms with Gasteiger partial charge in [-0.1, -0.05) is 61.7 Å². The third kappa shape index (κ3) is 6.34. The van der Waals surface area contributed by atoms with Crippen LogP contribution in [0.4, 0.5) is 0 Å². The molecule has 7 nitrogen and oxygen atoms in total. The van der Waals surface area contributed by atoms with E-state index in [4.69, 9.17) is 0 Å². The summed E-state index contributed by atoms with van der Waals surface area (Å²) >= 11 is 0. The van der Waals surface area contributed by atoms with Crippen molar-refractivity contribution in [3.63, 3.8) is 0 Å². The predicted octanol–water partition coefficient (Wildman–Crippen LogP) is 4.47. The van der Waals surface area contributed by atoms with Gasteiger partial charge in [0, 0.05) is 24.7 Å². The van der Waals surface area contributed by atoms with Crippen LogP contribution >= 0.6 is 0 Å². The number of hydrogen-bond acceptors (Lipinski definition) is 4. The number of H-pyrrole nitrogens is 1. The molecule has 1 saturated heterocycles. The maximum absolute atomic E-state index is 13.7. The van der Waals surface area contributed by atoms with Gasteiger partial charge in [-0.3, -0.25) is 9.59 Å². The van der Waals surface area contributed by atoms with Crippen LogP contribution in [0.2, 0.25) is 0 Å². The molecule has 8 heteroatoms. The van der Waals surface area contributed by atoms with Gasteiger partial charge in [0.1, 0.15) is 6.04 Å². The molecule has 37 heavy (non-hydrogen) atoms. The van der Waals surface area contributed by atoms with Gasteiger partial charge in [-0.05, 0) is 66.0 Å². The van der Waals surface area contributed by atoms with Gasteiger partial charge in [0.2, 0.25) is 21.5 Å². The van der Waals surface area contributed by atoms with Crippen molar-refractivity contribution in [2.75, 3.05) is 13.1 Å². The Kier molecular flexibility index (Phi) is 8.21. The van der Waals surface area contributed by atoms with E-state index in [0.717, 1.165) is 24.8 Å². The van der Waals surface area contributed by atoms with E-state index in [1.165, 1.54) is 18.2 Å². The third-order valence-electron chi connectivity index (χ3n) is 6.70. The lowest BCUT2D eigenvalue weighted by atomic mass is 9.89. The summed E-state index contributed by atoms with van der Waals surface area (Å²) in [5, 5.41) is 0.580. The molecule has 2 aromatic carbocycles. The van der Waals surface area contributed by atoms with Crippen LogP contribution in [-0.4, -0.2) is 37.3 Å². The van der Waals surface area contributed by atoms with Crippen molar-refractivity contribution in [1.29, 1.82) is 0 Å². The van der Waals surface area contributed by atoms with E-state index in [2.05, 4.69) is 22.9 Å². The van der Waals surface area contributed by atoms with Gasteiger partial charge >= 0.3 is 0 Å². The Balaban J connectivity index is 1.55. The quantitative estimate of drug-likeness (QED) is 0.409. The Morgan fingerprint density at radius 1 is 1.08 bits per heavy atom.